The number of aliphatic carboxylic acids is 1. The Morgan fingerprint density at radius 2 is 1.45 bits per heavy atom. The van der Waals surface area contributed by atoms with Crippen LogP contribution in [0.15, 0.2) is 12.2 Å². The van der Waals surface area contributed by atoms with Crippen LogP contribution in [-0.4, -0.2) is 11.1 Å². The molecule has 0 aromatic rings. The van der Waals surface area contributed by atoms with Gasteiger partial charge in [0.15, 0.2) is 0 Å². The van der Waals surface area contributed by atoms with Crippen LogP contribution >= 0.6 is 0 Å². The summed E-state index contributed by atoms with van der Waals surface area (Å²) in [6.07, 6.45) is 20.0. The average Bonchev–Trinajstić information content (AvgIpc) is 2.55. The normalized spacial score (nSPS) is 33.1. The summed E-state index contributed by atoms with van der Waals surface area (Å²) in [5.74, 6) is 1.74. The molecule has 0 radical (unpaired) electrons. The van der Waals surface area contributed by atoms with Gasteiger partial charge in [0.1, 0.15) is 0 Å². The lowest BCUT2D eigenvalue weighted by Crippen LogP contribution is -2.20. The molecular weight excluding hydrogens is 272 g/mol. The molecule has 126 valence electrons. The van der Waals surface area contributed by atoms with E-state index in [2.05, 4.69) is 19.1 Å². The van der Waals surface area contributed by atoms with E-state index in [4.69, 9.17) is 5.11 Å². The Hall–Kier alpha value is -0.790. The highest BCUT2D eigenvalue weighted by Gasteiger charge is 2.25. The van der Waals surface area contributed by atoms with E-state index in [0.717, 1.165) is 37.5 Å². The Morgan fingerprint density at radius 1 is 0.909 bits per heavy atom. The van der Waals surface area contributed by atoms with Gasteiger partial charge >= 0.3 is 5.97 Å². The number of hydrogen-bond acceptors (Lipinski definition) is 1. The van der Waals surface area contributed by atoms with Gasteiger partial charge in [-0.25, -0.2) is 0 Å². The number of carboxylic acid groups (broad SMARTS) is 1. The van der Waals surface area contributed by atoms with E-state index in [9.17, 15) is 4.79 Å². The van der Waals surface area contributed by atoms with Crippen molar-refractivity contribution in [3.63, 3.8) is 0 Å². The molecule has 2 saturated carbocycles. The largest absolute Gasteiger partial charge is 0.481 e. The molecule has 0 amide bonds. The number of rotatable bonds is 7. The quantitative estimate of drug-likeness (QED) is 0.475. The van der Waals surface area contributed by atoms with Crippen LogP contribution in [0, 0.1) is 23.7 Å². The summed E-state index contributed by atoms with van der Waals surface area (Å²) < 4.78 is 0. The zero-order valence-electron chi connectivity index (χ0n) is 14.3. The van der Waals surface area contributed by atoms with Gasteiger partial charge in [-0.05, 0) is 69.1 Å². The molecular formula is C20H34O2. The highest BCUT2D eigenvalue weighted by Crippen LogP contribution is 2.34. The van der Waals surface area contributed by atoms with E-state index in [1.165, 1.54) is 51.4 Å². The maximum absolute atomic E-state index is 11.0. The van der Waals surface area contributed by atoms with E-state index in [0.29, 0.717) is 5.92 Å². The van der Waals surface area contributed by atoms with Gasteiger partial charge in [-0.3, -0.25) is 4.79 Å². The third kappa shape index (κ3) is 5.78. The summed E-state index contributed by atoms with van der Waals surface area (Å²) in [6.45, 7) is 2.28. The molecule has 22 heavy (non-hydrogen) atoms. The summed E-state index contributed by atoms with van der Waals surface area (Å²) in [5, 5.41) is 9.04. The van der Waals surface area contributed by atoms with Crippen LogP contribution in [0.25, 0.3) is 0 Å². The van der Waals surface area contributed by atoms with E-state index in [1.807, 2.05) is 0 Å². The first-order valence-corrected chi connectivity index (χ1v) is 9.60. The number of hydrogen-bond donors (Lipinski definition) is 1. The van der Waals surface area contributed by atoms with Crippen molar-refractivity contribution in [2.75, 3.05) is 0 Å². The SMILES string of the molecule is CCCCCC1CCC(C=CC2CCC(C(=O)O)CC2)CC1. The van der Waals surface area contributed by atoms with Gasteiger partial charge in [-0.1, -0.05) is 44.8 Å². The van der Waals surface area contributed by atoms with Crippen LogP contribution in [0.1, 0.15) is 84.0 Å². The molecule has 2 aliphatic rings. The van der Waals surface area contributed by atoms with Crippen LogP contribution in [0.4, 0.5) is 0 Å². The molecule has 0 atom stereocenters. The Labute approximate surface area is 136 Å². The molecule has 2 aliphatic carbocycles. The first kappa shape index (κ1) is 17.6. The summed E-state index contributed by atoms with van der Waals surface area (Å²) in [5.41, 5.74) is 0. The predicted octanol–water partition coefficient (Wildman–Crippen LogP) is 5.82. The summed E-state index contributed by atoms with van der Waals surface area (Å²) in [4.78, 5) is 11.0. The van der Waals surface area contributed by atoms with Gasteiger partial charge in [-0.15, -0.1) is 0 Å². The van der Waals surface area contributed by atoms with E-state index >= 15 is 0 Å². The van der Waals surface area contributed by atoms with Crippen LogP contribution in [-0.2, 0) is 4.79 Å². The van der Waals surface area contributed by atoms with Crippen LogP contribution in [0.2, 0.25) is 0 Å². The first-order valence-electron chi connectivity index (χ1n) is 9.60. The molecule has 0 aromatic carbocycles. The molecule has 2 fully saturated rings. The lowest BCUT2D eigenvalue weighted by atomic mass is 9.78. The summed E-state index contributed by atoms with van der Waals surface area (Å²) >= 11 is 0. The van der Waals surface area contributed by atoms with Gasteiger partial charge in [0.25, 0.3) is 0 Å². The molecule has 0 aromatic heterocycles. The molecule has 0 bridgehead atoms. The van der Waals surface area contributed by atoms with Crippen molar-refractivity contribution in [3.8, 4) is 0 Å². The lowest BCUT2D eigenvalue weighted by molar-refractivity contribution is -0.142. The van der Waals surface area contributed by atoms with E-state index in [1.54, 1.807) is 0 Å². The second-order valence-corrected chi connectivity index (χ2v) is 7.61. The fourth-order valence-electron chi connectivity index (χ4n) is 4.23. The van der Waals surface area contributed by atoms with Crippen molar-refractivity contribution >= 4 is 5.97 Å². The van der Waals surface area contributed by atoms with E-state index < -0.39 is 5.97 Å². The van der Waals surface area contributed by atoms with Gasteiger partial charge in [0.05, 0.1) is 5.92 Å². The predicted molar refractivity (Wildman–Crippen MR) is 91.8 cm³/mol. The van der Waals surface area contributed by atoms with Crippen molar-refractivity contribution in [2.45, 2.75) is 84.0 Å². The zero-order chi connectivity index (χ0) is 15.8. The second kappa shape index (κ2) is 9.37. The minimum absolute atomic E-state index is 0.0804. The lowest BCUT2D eigenvalue weighted by Gasteiger charge is -2.28. The molecule has 0 spiro atoms. The topological polar surface area (TPSA) is 37.3 Å². The third-order valence-corrected chi connectivity index (χ3v) is 5.88. The highest BCUT2D eigenvalue weighted by atomic mass is 16.4. The smallest absolute Gasteiger partial charge is 0.306 e. The Morgan fingerprint density at radius 3 is 1.95 bits per heavy atom. The van der Waals surface area contributed by atoms with Crippen LogP contribution in [0.3, 0.4) is 0 Å². The van der Waals surface area contributed by atoms with Crippen molar-refractivity contribution in [1.82, 2.24) is 0 Å². The fourth-order valence-corrected chi connectivity index (χ4v) is 4.23. The van der Waals surface area contributed by atoms with Crippen molar-refractivity contribution < 1.29 is 9.90 Å². The van der Waals surface area contributed by atoms with E-state index in [-0.39, 0.29) is 5.92 Å². The van der Waals surface area contributed by atoms with Crippen molar-refractivity contribution in [3.05, 3.63) is 12.2 Å². The number of allylic oxidation sites excluding steroid dienone is 2. The standard InChI is InChI=1S/C20H34O2/c1-2-3-4-5-16-6-8-17(9-7-16)10-11-18-12-14-19(15-13-18)20(21)22/h10-11,16-19H,2-9,12-15H2,1H3,(H,21,22). The minimum Gasteiger partial charge on any atom is -0.481 e. The summed E-state index contributed by atoms with van der Waals surface area (Å²) in [7, 11) is 0. The molecule has 1 N–H and O–H groups in total. The van der Waals surface area contributed by atoms with Gasteiger partial charge in [0.2, 0.25) is 0 Å². The molecule has 0 aliphatic heterocycles. The molecule has 0 saturated heterocycles. The third-order valence-electron chi connectivity index (χ3n) is 5.88. The van der Waals surface area contributed by atoms with Gasteiger partial charge in [0, 0.05) is 0 Å². The number of carboxylic acids is 1. The molecule has 0 heterocycles. The minimum atomic E-state index is -0.594. The Bertz CT molecular complexity index is 345. The molecule has 0 unspecified atom stereocenters. The molecule has 2 heteroatoms. The van der Waals surface area contributed by atoms with Crippen LogP contribution in [0.5, 0.6) is 0 Å². The maximum Gasteiger partial charge on any atom is 0.306 e. The number of carbonyl (C=O) groups is 1. The van der Waals surface area contributed by atoms with Crippen molar-refractivity contribution in [2.24, 2.45) is 23.7 Å². The number of unbranched alkanes of at least 4 members (excludes halogenated alkanes) is 2. The maximum atomic E-state index is 11.0. The van der Waals surface area contributed by atoms with Crippen LogP contribution < -0.4 is 0 Å². The average molecular weight is 306 g/mol. The molecule has 2 rings (SSSR count). The highest BCUT2D eigenvalue weighted by molar-refractivity contribution is 5.70. The zero-order valence-corrected chi connectivity index (χ0v) is 14.3. The molecule has 2 nitrogen and oxygen atoms in total. The summed E-state index contributed by atoms with van der Waals surface area (Å²) in [6, 6.07) is 0. The monoisotopic (exact) mass is 306 g/mol. The fraction of sp³-hybridized carbons (Fsp3) is 0.850. The van der Waals surface area contributed by atoms with Gasteiger partial charge in [-0.2, -0.15) is 0 Å². The Kier molecular flexibility index (Phi) is 7.48. The first-order chi connectivity index (χ1) is 10.7. The Balaban J connectivity index is 1.63. The second-order valence-electron chi connectivity index (χ2n) is 7.61. The van der Waals surface area contributed by atoms with Crippen molar-refractivity contribution in [1.29, 1.82) is 0 Å². The van der Waals surface area contributed by atoms with Gasteiger partial charge < -0.3 is 5.11 Å².